The standard InChI is InChI=1S/C17H26BNO4/c1-6-12(11-19-15(20)21)13-7-9-14(10-8-13)18-22-16(2,3)17(4,5)23-18/h7-10,12,19H,6,11H2,1-5H3,(H,20,21). The third kappa shape index (κ3) is 3.87. The number of hydrogen-bond donors (Lipinski definition) is 2. The van der Waals surface area contributed by atoms with Crippen LogP contribution in [-0.2, 0) is 9.31 Å². The lowest BCUT2D eigenvalue weighted by molar-refractivity contribution is 0.00578. The lowest BCUT2D eigenvalue weighted by atomic mass is 9.78. The van der Waals surface area contributed by atoms with Crippen molar-refractivity contribution in [1.82, 2.24) is 5.32 Å². The maximum absolute atomic E-state index is 10.7. The molecule has 23 heavy (non-hydrogen) atoms. The smallest absolute Gasteiger partial charge is 0.465 e. The number of carbonyl (C=O) groups is 1. The molecule has 0 aromatic heterocycles. The van der Waals surface area contributed by atoms with E-state index in [1.165, 1.54) is 0 Å². The van der Waals surface area contributed by atoms with Crippen molar-refractivity contribution in [2.75, 3.05) is 6.54 Å². The Balaban J connectivity index is 2.09. The SMILES string of the molecule is CCC(CNC(=O)O)c1ccc(B2OC(C)(C)C(C)(C)O2)cc1. The number of rotatable bonds is 5. The average molecular weight is 319 g/mol. The Morgan fingerprint density at radius 1 is 1.17 bits per heavy atom. The third-order valence-corrected chi connectivity index (χ3v) is 4.93. The van der Waals surface area contributed by atoms with Crippen molar-refractivity contribution >= 4 is 18.7 Å². The Morgan fingerprint density at radius 3 is 2.13 bits per heavy atom. The van der Waals surface area contributed by atoms with E-state index in [2.05, 4.69) is 12.2 Å². The molecule has 1 atom stereocenters. The summed E-state index contributed by atoms with van der Waals surface area (Å²) in [6, 6.07) is 8.05. The van der Waals surface area contributed by atoms with Crippen LogP contribution in [0, 0.1) is 0 Å². The van der Waals surface area contributed by atoms with Gasteiger partial charge in [0.15, 0.2) is 0 Å². The highest BCUT2D eigenvalue weighted by Gasteiger charge is 2.51. The van der Waals surface area contributed by atoms with Crippen LogP contribution in [0.2, 0.25) is 0 Å². The van der Waals surface area contributed by atoms with Gasteiger partial charge < -0.3 is 19.7 Å². The highest BCUT2D eigenvalue weighted by atomic mass is 16.7. The van der Waals surface area contributed by atoms with Crippen LogP contribution in [0.5, 0.6) is 0 Å². The van der Waals surface area contributed by atoms with E-state index < -0.39 is 6.09 Å². The van der Waals surface area contributed by atoms with Gasteiger partial charge in [0, 0.05) is 12.5 Å². The molecular formula is C17H26BNO4. The molecule has 1 aliphatic rings. The minimum absolute atomic E-state index is 0.165. The first-order valence-corrected chi connectivity index (χ1v) is 8.08. The molecule has 2 N–H and O–H groups in total. The van der Waals surface area contributed by atoms with Crippen molar-refractivity contribution in [3.8, 4) is 0 Å². The Bertz CT molecular complexity index is 540. The molecule has 1 fully saturated rings. The van der Waals surface area contributed by atoms with Gasteiger partial charge in [-0.15, -0.1) is 0 Å². The van der Waals surface area contributed by atoms with E-state index in [0.29, 0.717) is 6.54 Å². The second-order valence-electron chi connectivity index (χ2n) is 7.05. The maximum Gasteiger partial charge on any atom is 0.494 e. The van der Waals surface area contributed by atoms with Crippen LogP contribution >= 0.6 is 0 Å². The summed E-state index contributed by atoms with van der Waals surface area (Å²) in [4.78, 5) is 10.7. The van der Waals surface area contributed by atoms with E-state index in [9.17, 15) is 4.79 Å². The highest BCUT2D eigenvalue weighted by molar-refractivity contribution is 6.62. The number of benzene rings is 1. The van der Waals surface area contributed by atoms with Crippen molar-refractivity contribution < 1.29 is 19.2 Å². The summed E-state index contributed by atoms with van der Waals surface area (Å²) in [7, 11) is -0.369. The number of carboxylic acid groups (broad SMARTS) is 1. The summed E-state index contributed by atoms with van der Waals surface area (Å²) in [5.41, 5.74) is 1.39. The third-order valence-electron chi connectivity index (χ3n) is 4.93. The van der Waals surface area contributed by atoms with Crippen molar-refractivity contribution in [3.63, 3.8) is 0 Å². The zero-order valence-electron chi connectivity index (χ0n) is 14.6. The molecule has 6 heteroatoms. The minimum Gasteiger partial charge on any atom is -0.465 e. The predicted molar refractivity (Wildman–Crippen MR) is 91.2 cm³/mol. The van der Waals surface area contributed by atoms with Crippen LogP contribution in [0.4, 0.5) is 4.79 Å². The van der Waals surface area contributed by atoms with Gasteiger partial charge in [0.05, 0.1) is 11.2 Å². The van der Waals surface area contributed by atoms with Gasteiger partial charge in [0.25, 0.3) is 0 Å². The second-order valence-corrected chi connectivity index (χ2v) is 7.05. The topological polar surface area (TPSA) is 67.8 Å². The predicted octanol–water partition coefficient (Wildman–Crippen LogP) is 2.75. The van der Waals surface area contributed by atoms with Crippen molar-refractivity contribution in [1.29, 1.82) is 0 Å². The molecule has 1 aromatic rings. The summed E-state index contributed by atoms with van der Waals surface area (Å²) >= 11 is 0. The molecule has 1 heterocycles. The lowest BCUT2D eigenvalue weighted by Gasteiger charge is -2.32. The molecule has 1 unspecified atom stereocenters. The molecule has 2 rings (SSSR count). The van der Waals surface area contributed by atoms with Crippen molar-refractivity contribution in [2.45, 2.75) is 58.2 Å². The molecule has 0 radical (unpaired) electrons. The molecule has 0 bridgehead atoms. The number of nitrogens with one attached hydrogen (secondary N) is 1. The molecule has 0 spiro atoms. The first kappa shape index (κ1) is 17.8. The summed E-state index contributed by atoms with van der Waals surface area (Å²) < 4.78 is 12.1. The Labute approximate surface area is 138 Å². The fraction of sp³-hybridized carbons (Fsp3) is 0.588. The van der Waals surface area contributed by atoms with Crippen LogP contribution in [0.25, 0.3) is 0 Å². The monoisotopic (exact) mass is 319 g/mol. The van der Waals surface area contributed by atoms with Crippen LogP contribution in [-0.4, -0.2) is 36.1 Å². The van der Waals surface area contributed by atoms with Crippen LogP contribution in [0.1, 0.15) is 52.5 Å². The van der Waals surface area contributed by atoms with E-state index in [4.69, 9.17) is 14.4 Å². The first-order valence-electron chi connectivity index (χ1n) is 8.08. The number of hydrogen-bond acceptors (Lipinski definition) is 3. The van der Waals surface area contributed by atoms with Gasteiger partial charge in [-0.3, -0.25) is 0 Å². The normalized spacial score (nSPS) is 20.3. The lowest BCUT2D eigenvalue weighted by Crippen LogP contribution is -2.41. The van der Waals surface area contributed by atoms with Crippen LogP contribution < -0.4 is 10.8 Å². The minimum atomic E-state index is -0.989. The van der Waals surface area contributed by atoms with Crippen LogP contribution in [0.15, 0.2) is 24.3 Å². The van der Waals surface area contributed by atoms with Gasteiger partial charge in [0.1, 0.15) is 0 Å². The van der Waals surface area contributed by atoms with Crippen molar-refractivity contribution in [2.24, 2.45) is 0 Å². The van der Waals surface area contributed by atoms with Gasteiger partial charge in [-0.25, -0.2) is 4.79 Å². The average Bonchev–Trinajstić information content (AvgIpc) is 2.68. The molecule has 1 aromatic carbocycles. The summed E-state index contributed by atoms with van der Waals surface area (Å²) in [6.07, 6.45) is -0.117. The van der Waals surface area contributed by atoms with E-state index >= 15 is 0 Å². The number of amides is 1. The summed E-state index contributed by atoms with van der Waals surface area (Å²) in [5.74, 6) is 0.165. The van der Waals surface area contributed by atoms with Gasteiger partial charge in [0.2, 0.25) is 0 Å². The fourth-order valence-electron chi connectivity index (χ4n) is 2.61. The van der Waals surface area contributed by atoms with Gasteiger partial charge in [-0.1, -0.05) is 31.2 Å². The van der Waals surface area contributed by atoms with E-state index in [1.807, 2.05) is 52.0 Å². The quantitative estimate of drug-likeness (QED) is 0.819. The van der Waals surface area contributed by atoms with E-state index in [0.717, 1.165) is 17.4 Å². The Hall–Kier alpha value is -1.53. The maximum atomic E-state index is 10.7. The Morgan fingerprint density at radius 2 is 1.70 bits per heavy atom. The zero-order chi connectivity index (χ0) is 17.3. The molecule has 1 amide bonds. The summed E-state index contributed by atoms with van der Waals surface area (Å²) in [5, 5.41) is 11.2. The molecule has 1 aliphatic heterocycles. The largest absolute Gasteiger partial charge is 0.494 e. The zero-order valence-corrected chi connectivity index (χ0v) is 14.6. The van der Waals surface area contributed by atoms with E-state index in [1.54, 1.807) is 0 Å². The molecule has 1 saturated heterocycles. The second kappa shape index (κ2) is 6.53. The summed E-state index contributed by atoms with van der Waals surface area (Å²) in [6.45, 7) is 10.6. The molecule has 5 nitrogen and oxygen atoms in total. The van der Waals surface area contributed by atoms with Gasteiger partial charge >= 0.3 is 13.2 Å². The first-order chi connectivity index (χ1) is 10.7. The van der Waals surface area contributed by atoms with Gasteiger partial charge in [-0.2, -0.15) is 0 Å². The molecular weight excluding hydrogens is 293 g/mol. The van der Waals surface area contributed by atoms with Crippen molar-refractivity contribution in [3.05, 3.63) is 29.8 Å². The Kier molecular flexibility index (Phi) is 5.06. The van der Waals surface area contributed by atoms with Crippen LogP contribution in [0.3, 0.4) is 0 Å². The fourth-order valence-corrected chi connectivity index (χ4v) is 2.61. The molecule has 0 saturated carbocycles. The molecule has 126 valence electrons. The van der Waals surface area contributed by atoms with Gasteiger partial charge in [-0.05, 0) is 45.1 Å². The molecule has 0 aliphatic carbocycles. The highest BCUT2D eigenvalue weighted by Crippen LogP contribution is 2.36. The van der Waals surface area contributed by atoms with E-state index in [-0.39, 0.29) is 24.2 Å².